The maximum Gasteiger partial charge on any atom is 0.245 e. The number of hydrogen-bond acceptors (Lipinski definition) is 5. The lowest BCUT2D eigenvalue weighted by Gasteiger charge is -2.30. The molecule has 0 aliphatic carbocycles. The van der Waals surface area contributed by atoms with E-state index >= 15 is 0 Å². The van der Waals surface area contributed by atoms with E-state index in [0.29, 0.717) is 19.4 Å². The van der Waals surface area contributed by atoms with Crippen LogP contribution in [0.5, 0.6) is 0 Å². The summed E-state index contributed by atoms with van der Waals surface area (Å²) in [4.78, 5) is 55.7. The fraction of sp³-hybridized carbons (Fsp3) is 0.548. The molecule has 1 aliphatic rings. The van der Waals surface area contributed by atoms with E-state index in [9.17, 15) is 19.2 Å². The third kappa shape index (κ3) is 7.81. The Balaban J connectivity index is 1.78. The van der Waals surface area contributed by atoms with Gasteiger partial charge in [0, 0.05) is 39.0 Å². The van der Waals surface area contributed by atoms with Crippen LogP contribution in [0.25, 0.3) is 10.8 Å². The van der Waals surface area contributed by atoms with E-state index in [-0.39, 0.29) is 42.6 Å². The molecule has 2 atom stereocenters. The summed E-state index contributed by atoms with van der Waals surface area (Å²) in [5, 5.41) is 7.89. The van der Waals surface area contributed by atoms with Crippen molar-refractivity contribution >= 4 is 34.4 Å². The lowest BCUT2D eigenvalue weighted by Crippen LogP contribution is -2.55. The van der Waals surface area contributed by atoms with Crippen molar-refractivity contribution in [2.45, 2.75) is 77.4 Å². The molecular weight excluding hydrogens is 506 g/mol. The van der Waals surface area contributed by atoms with Crippen LogP contribution in [0, 0.1) is 5.92 Å². The summed E-state index contributed by atoms with van der Waals surface area (Å²) in [6, 6.07) is 12.6. The predicted molar refractivity (Wildman–Crippen MR) is 157 cm³/mol. The Morgan fingerprint density at radius 2 is 1.75 bits per heavy atom. The fourth-order valence-electron chi connectivity index (χ4n) is 5.19. The summed E-state index contributed by atoms with van der Waals surface area (Å²) >= 11 is 0. The van der Waals surface area contributed by atoms with Crippen LogP contribution in [0.4, 0.5) is 0 Å². The van der Waals surface area contributed by atoms with Crippen molar-refractivity contribution in [1.82, 2.24) is 20.4 Å². The van der Waals surface area contributed by atoms with Crippen LogP contribution in [0.15, 0.2) is 42.5 Å². The van der Waals surface area contributed by atoms with E-state index in [4.69, 9.17) is 5.73 Å². The average Bonchev–Trinajstić information content (AvgIpc) is 3.42. The van der Waals surface area contributed by atoms with Gasteiger partial charge in [-0.05, 0) is 55.9 Å². The van der Waals surface area contributed by atoms with Crippen molar-refractivity contribution in [3.05, 3.63) is 48.0 Å². The van der Waals surface area contributed by atoms with Gasteiger partial charge in [0.1, 0.15) is 12.1 Å². The molecule has 0 spiro atoms. The lowest BCUT2D eigenvalue weighted by molar-refractivity contribution is -0.143. The molecule has 2 aromatic carbocycles. The number of amides is 4. The van der Waals surface area contributed by atoms with Crippen molar-refractivity contribution < 1.29 is 19.2 Å². The summed E-state index contributed by atoms with van der Waals surface area (Å²) in [6.07, 6.45) is 3.09. The molecule has 1 aliphatic heterocycles. The number of benzene rings is 2. The van der Waals surface area contributed by atoms with Gasteiger partial charge in [0.2, 0.25) is 23.6 Å². The van der Waals surface area contributed by atoms with Gasteiger partial charge in [-0.25, -0.2) is 0 Å². The average molecular weight is 552 g/mol. The second kappa shape index (κ2) is 13.7. The van der Waals surface area contributed by atoms with Gasteiger partial charge in [-0.15, -0.1) is 0 Å². The Morgan fingerprint density at radius 3 is 2.40 bits per heavy atom. The second-order valence-electron chi connectivity index (χ2n) is 11.4. The Hall–Kier alpha value is -3.46. The molecule has 1 fully saturated rings. The minimum atomic E-state index is -1.02. The molecule has 0 radical (unpaired) electrons. The van der Waals surface area contributed by atoms with Crippen LogP contribution < -0.4 is 16.4 Å². The van der Waals surface area contributed by atoms with E-state index < -0.39 is 17.6 Å². The molecule has 0 bridgehead atoms. The van der Waals surface area contributed by atoms with Gasteiger partial charge >= 0.3 is 0 Å². The van der Waals surface area contributed by atoms with Crippen LogP contribution in [0.1, 0.15) is 58.9 Å². The minimum Gasteiger partial charge on any atom is -0.353 e. The highest BCUT2D eigenvalue weighted by Crippen LogP contribution is 2.23. The first kappa shape index (κ1) is 31.1. The predicted octanol–water partition coefficient (Wildman–Crippen LogP) is 2.61. The molecular formula is C31H45N5O4. The first-order chi connectivity index (χ1) is 19.0. The topological polar surface area (TPSA) is 125 Å². The number of nitrogens with two attached hydrogens (primary N) is 1. The maximum atomic E-state index is 13.6. The SMILES string of the molecule is CCC(CC)C(=O)N1CCCC1C(=O)NC(Cc1ccc2ccccc2c1)C(=O)N(C)CCNC(=O)C(C)(C)N. The summed E-state index contributed by atoms with van der Waals surface area (Å²) in [5.41, 5.74) is 5.74. The number of hydrogen-bond donors (Lipinski definition) is 3. The van der Waals surface area contributed by atoms with Gasteiger partial charge in [0.05, 0.1) is 5.54 Å². The van der Waals surface area contributed by atoms with Crippen LogP contribution >= 0.6 is 0 Å². The molecule has 40 heavy (non-hydrogen) atoms. The van der Waals surface area contributed by atoms with E-state index in [1.165, 1.54) is 4.90 Å². The number of likely N-dealkylation sites (N-methyl/N-ethyl adjacent to an activating group) is 1. The molecule has 1 saturated heterocycles. The van der Waals surface area contributed by atoms with Gasteiger partial charge in [-0.3, -0.25) is 19.2 Å². The Labute approximate surface area is 237 Å². The van der Waals surface area contributed by atoms with Crippen molar-refractivity contribution in [2.75, 3.05) is 26.7 Å². The number of rotatable bonds is 12. The molecule has 0 saturated carbocycles. The number of carbonyl (C=O) groups excluding carboxylic acids is 4. The van der Waals surface area contributed by atoms with Gasteiger partial charge < -0.3 is 26.2 Å². The van der Waals surface area contributed by atoms with E-state index in [1.807, 2.05) is 56.3 Å². The maximum absolute atomic E-state index is 13.6. The Kier molecular flexibility index (Phi) is 10.7. The van der Waals surface area contributed by atoms with Crippen LogP contribution in [-0.4, -0.2) is 77.7 Å². The molecule has 4 amide bonds. The highest BCUT2D eigenvalue weighted by molar-refractivity contribution is 5.93. The summed E-state index contributed by atoms with van der Waals surface area (Å²) in [7, 11) is 1.65. The number of nitrogens with zero attached hydrogens (tertiary/aromatic N) is 2. The highest BCUT2D eigenvalue weighted by Gasteiger charge is 2.38. The van der Waals surface area contributed by atoms with Crippen LogP contribution in [0.2, 0.25) is 0 Å². The number of nitrogens with one attached hydrogen (secondary N) is 2. The molecule has 3 rings (SSSR count). The number of likely N-dealkylation sites (tertiary alicyclic amines) is 1. The normalized spacial score (nSPS) is 16.2. The first-order valence-electron chi connectivity index (χ1n) is 14.4. The Bertz CT molecular complexity index is 1200. The molecule has 0 aromatic heterocycles. The van der Waals surface area contributed by atoms with Gasteiger partial charge in [-0.1, -0.05) is 56.3 Å². The molecule has 2 aromatic rings. The molecule has 9 heteroatoms. The van der Waals surface area contributed by atoms with Gasteiger partial charge in [0.25, 0.3) is 0 Å². The van der Waals surface area contributed by atoms with E-state index in [1.54, 1.807) is 25.8 Å². The third-order valence-electron chi connectivity index (χ3n) is 7.74. The van der Waals surface area contributed by atoms with Crippen LogP contribution in [-0.2, 0) is 25.6 Å². The van der Waals surface area contributed by atoms with Crippen molar-refractivity contribution in [3.63, 3.8) is 0 Å². The zero-order valence-corrected chi connectivity index (χ0v) is 24.5. The highest BCUT2D eigenvalue weighted by atomic mass is 16.2. The van der Waals surface area contributed by atoms with Crippen molar-refractivity contribution in [3.8, 4) is 0 Å². The standard InChI is InChI=1S/C31H45N5O4/c1-6-22(7-2)28(38)36-17-10-13-26(36)27(37)34-25(20-21-14-15-23-11-8-9-12-24(23)19-21)29(39)35(5)18-16-33-30(40)31(3,4)32/h8-9,11-12,14-15,19,22,25-26H,6-7,10,13,16-18,20,32H2,1-5H3,(H,33,40)(H,34,37). The summed E-state index contributed by atoms with van der Waals surface area (Å²) < 4.78 is 0. The largest absolute Gasteiger partial charge is 0.353 e. The first-order valence-corrected chi connectivity index (χ1v) is 14.4. The van der Waals surface area contributed by atoms with E-state index in [0.717, 1.165) is 35.6 Å². The van der Waals surface area contributed by atoms with E-state index in [2.05, 4.69) is 10.6 Å². The molecule has 218 valence electrons. The van der Waals surface area contributed by atoms with Crippen LogP contribution in [0.3, 0.4) is 0 Å². The number of fused-ring (bicyclic) bond motifs is 1. The number of carbonyl (C=O) groups is 4. The summed E-state index contributed by atoms with van der Waals surface area (Å²) in [5.74, 6) is -0.974. The summed E-state index contributed by atoms with van der Waals surface area (Å²) in [6.45, 7) is 8.25. The van der Waals surface area contributed by atoms with Crippen molar-refractivity contribution in [1.29, 1.82) is 0 Å². The molecule has 1 heterocycles. The second-order valence-corrected chi connectivity index (χ2v) is 11.4. The van der Waals surface area contributed by atoms with Crippen molar-refractivity contribution in [2.24, 2.45) is 11.7 Å². The zero-order valence-electron chi connectivity index (χ0n) is 24.5. The molecule has 4 N–H and O–H groups in total. The van der Waals surface area contributed by atoms with Gasteiger partial charge in [0.15, 0.2) is 0 Å². The zero-order chi connectivity index (χ0) is 29.4. The quantitative estimate of drug-likeness (QED) is 0.374. The third-order valence-corrected chi connectivity index (χ3v) is 7.74. The molecule has 2 unspecified atom stereocenters. The monoisotopic (exact) mass is 551 g/mol. The molecule has 9 nitrogen and oxygen atoms in total. The smallest absolute Gasteiger partial charge is 0.245 e. The fourth-order valence-corrected chi connectivity index (χ4v) is 5.19. The van der Waals surface area contributed by atoms with Gasteiger partial charge in [-0.2, -0.15) is 0 Å². The minimum absolute atomic E-state index is 0.00995. The Morgan fingerprint density at radius 1 is 1.07 bits per heavy atom. The lowest BCUT2D eigenvalue weighted by atomic mass is 9.99.